The second-order valence-electron chi connectivity index (χ2n) is 24.6. The number of imidazole rings is 1. The fourth-order valence-electron chi connectivity index (χ4n) is 10.7. The first-order chi connectivity index (χ1) is 49.5. The average Bonchev–Trinajstić information content (AvgIpc) is 0.881. The van der Waals surface area contributed by atoms with Gasteiger partial charge >= 0.3 is 11.9 Å². The van der Waals surface area contributed by atoms with Crippen LogP contribution in [-0.2, 0) is 70.4 Å². The minimum absolute atomic E-state index is 0.0233. The van der Waals surface area contributed by atoms with Gasteiger partial charge in [0.05, 0.1) is 43.2 Å². The number of hydrogen-bond donors (Lipinski definition) is 22. The van der Waals surface area contributed by atoms with Crippen LogP contribution in [0, 0.1) is 0 Å². The van der Waals surface area contributed by atoms with Gasteiger partial charge in [0.2, 0.25) is 59.1 Å². The van der Waals surface area contributed by atoms with E-state index in [-0.39, 0.29) is 127 Å². The number of aliphatic carboxylic acids is 2. The lowest BCUT2D eigenvalue weighted by Gasteiger charge is -2.42. The van der Waals surface area contributed by atoms with Gasteiger partial charge in [-0.25, -0.2) is 9.78 Å². The van der Waals surface area contributed by atoms with Crippen LogP contribution in [-0.4, -0.2) is 226 Å². The van der Waals surface area contributed by atoms with Crippen molar-refractivity contribution >= 4 is 116 Å². The molecule has 9 atom stereocenters. The Morgan fingerprint density at radius 3 is 1.67 bits per heavy atom. The van der Waals surface area contributed by atoms with E-state index in [4.69, 9.17) is 56.3 Å². The number of guanidine groups is 4. The Labute approximate surface area is 608 Å². The molecule has 10 amide bonds. The number of amides is 10. The molecule has 1 aliphatic carbocycles. The van der Waals surface area contributed by atoms with E-state index in [0.29, 0.717) is 42.9 Å². The smallest absolute Gasteiger partial charge is 0.326 e. The summed E-state index contributed by atoms with van der Waals surface area (Å²) in [5.41, 5.74) is 51.5. The Hall–Kier alpha value is -10.4. The van der Waals surface area contributed by atoms with Gasteiger partial charge in [-0.3, -0.25) is 72.7 Å². The van der Waals surface area contributed by atoms with E-state index >= 15 is 14.4 Å². The van der Waals surface area contributed by atoms with Crippen LogP contribution in [0.3, 0.4) is 0 Å². The molecule has 2 fully saturated rings. The van der Waals surface area contributed by atoms with E-state index in [0.717, 1.165) is 34.4 Å². The van der Waals surface area contributed by atoms with E-state index in [9.17, 15) is 53.4 Å². The van der Waals surface area contributed by atoms with E-state index in [2.05, 4.69) is 83.1 Å². The normalized spacial score (nSPS) is 21.2. The quantitative estimate of drug-likeness (QED) is 0.0144. The molecule has 1 spiro atoms. The molecule has 1 aromatic carbocycles. The molecule has 0 bridgehead atoms. The maximum Gasteiger partial charge on any atom is 0.326 e. The lowest BCUT2D eigenvalue weighted by molar-refractivity contribution is -0.142. The molecule has 31 N–H and O–H groups in total. The van der Waals surface area contributed by atoms with Crippen LogP contribution in [0.2, 0.25) is 0 Å². The molecule has 1 saturated heterocycles. The standard InChI is InChI=1S/C62H101N25O15S2/c1-2-3-25-102-36-17-15-34(16-18-36)26-41-52(95)83-39(13-9-23-75-60(68)69)51(94)86-44(55(98)84-40(57(100)101)14-10-24-76-61(70)71)32-103-104-62(19-5-4-6-20-62)48(87-49(92)37(63)11-7-21-73-58(64)65)56(99)78-31-46(89)80-42(27-35-29-72-33-79-35)53(96)82-38(12-8-22-74-59(66)67)50(93)77-30-45(88)81-43(28-47(90)91)54(97)85-41/h15-18,29,33,37-44,48H,2-14,19-28,30-32,63H2,1H3,(H,72,79)(H,77,93)(H,78,99)(H,80,89)(H,81,88)(H,82,96)(H,83,95)(H,84,98)(H,85,97)(H,86,94)(H,87,92)(H,90,91)(H,100,101)(H4,64,65,73)(H4,66,67,74)(H4,68,69,75)(H4,70,71,76)/t37-,38-,39-,40-,41-,42-,43-,44-,48?/m0/s1. The van der Waals surface area contributed by atoms with Crippen LogP contribution < -0.4 is 110 Å². The van der Waals surface area contributed by atoms with Gasteiger partial charge in [-0.15, -0.1) is 0 Å². The number of aromatic nitrogens is 2. The molecule has 1 unspecified atom stereocenters. The first-order valence-electron chi connectivity index (χ1n) is 33.9. The fourth-order valence-corrected chi connectivity index (χ4v) is 14.2. The summed E-state index contributed by atoms with van der Waals surface area (Å²) in [6.07, 6.45) is 4.24. The number of nitrogens with two attached hydrogens (primary N) is 9. The first-order valence-corrected chi connectivity index (χ1v) is 36.2. The summed E-state index contributed by atoms with van der Waals surface area (Å²) in [7, 11) is 1.99. The van der Waals surface area contributed by atoms with Crippen molar-refractivity contribution in [2.75, 3.05) is 51.6 Å². The topological polar surface area (TPSA) is 687 Å². The third kappa shape index (κ3) is 32.3. The van der Waals surface area contributed by atoms with E-state index in [1.54, 1.807) is 24.3 Å². The number of ether oxygens (including phenoxy) is 1. The second-order valence-corrected chi connectivity index (χ2v) is 27.3. The summed E-state index contributed by atoms with van der Waals surface area (Å²) in [6.45, 7) is 0.521. The molecule has 42 heteroatoms. The number of rotatable bonds is 31. The van der Waals surface area contributed by atoms with Crippen molar-refractivity contribution in [3.05, 3.63) is 48.0 Å². The monoisotopic (exact) mass is 1500 g/mol. The first kappa shape index (κ1) is 86.0. The Morgan fingerprint density at radius 1 is 0.625 bits per heavy atom. The van der Waals surface area contributed by atoms with Crippen molar-refractivity contribution in [3.8, 4) is 5.75 Å². The molecule has 0 radical (unpaired) electrons. The lowest BCUT2D eigenvalue weighted by atomic mass is 9.82. The zero-order valence-electron chi connectivity index (χ0n) is 58.0. The molecule has 40 nitrogen and oxygen atoms in total. The predicted molar refractivity (Wildman–Crippen MR) is 388 cm³/mol. The average molecular weight is 1500 g/mol. The molecule has 1 aliphatic heterocycles. The molecule has 104 heavy (non-hydrogen) atoms. The number of aliphatic imine (C=N–C) groups is 4. The van der Waals surface area contributed by atoms with Crippen molar-refractivity contribution in [2.24, 2.45) is 71.6 Å². The van der Waals surface area contributed by atoms with Crippen molar-refractivity contribution in [1.82, 2.24) is 63.1 Å². The van der Waals surface area contributed by atoms with Gasteiger partial charge in [-0.05, 0) is 88.3 Å². The zero-order valence-corrected chi connectivity index (χ0v) is 59.6. The third-order valence-corrected chi connectivity index (χ3v) is 19.5. The Balaban J connectivity index is 1.96. The van der Waals surface area contributed by atoms with Crippen molar-refractivity contribution in [2.45, 2.75) is 182 Å². The maximum atomic E-state index is 15.1. The molecule has 2 aliphatic rings. The molecular formula is C62H101N25O15S2. The predicted octanol–water partition coefficient (Wildman–Crippen LogP) is -6.32. The maximum absolute atomic E-state index is 15.1. The molecule has 1 saturated carbocycles. The van der Waals surface area contributed by atoms with Crippen LogP contribution in [0.4, 0.5) is 0 Å². The van der Waals surface area contributed by atoms with Crippen molar-refractivity contribution < 1.29 is 72.5 Å². The highest BCUT2D eigenvalue weighted by molar-refractivity contribution is 8.77. The molecule has 4 rings (SSSR count). The number of nitrogens with zero attached hydrogens (tertiary/aromatic N) is 5. The number of H-pyrrole nitrogens is 1. The lowest BCUT2D eigenvalue weighted by Crippen LogP contribution is -2.62. The molecular weight excluding hydrogens is 1400 g/mol. The summed E-state index contributed by atoms with van der Waals surface area (Å²) in [5.74, 6) is -14.2. The highest BCUT2D eigenvalue weighted by atomic mass is 33.1. The number of carbonyl (C=O) groups is 12. The number of carboxylic acid groups (broad SMARTS) is 2. The van der Waals surface area contributed by atoms with Gasteiger partial charge in [-0.1, -0.05) is 66.3 Å². The summed E-state index contributed by atoms with van der Waals surface area (Å²) >= 11 is 0. The highest BCUT2D eigenvalue weighted by Gasteiger charge is 2.47. The van der Waals surface area contributed by atoms with Gasteiger partial charge in [0.25, 0.3) is 0 Å². The minimum Gasteiger partial charge on any atom is -0.494 e. The van der Waals surface area contributed by atoms with Gasteiger partial charge in [0.1, 0.15) is 54.1 Å². The van der Waals surface area contributed by atoms with Crippen molar-refractivity contribution in [1.29, 1.82) is 0 Å². The largest absolute Gasteiger partial charge is 0.494 e. The minimum atomic E-state index is -1.96. The fraction of sp³-hybridized carbons (Fsp3) is 0.597. The SMILES string of the molecule is CCCCOc1ccc(C[C@@H]2NC(=O)[C@H](CC(=O)O)NC(=O)CNC(=O)[C@H](CCCN=C(N)N)NC(=O)[C@H](Cc3cnc[nH]3)NC(=O)CNC(=O)C(NC(=O)[C@@H](N)CCCN=C(N)N)C3(CCCCC3)SSC[C@@H](C(=O)N[C@@H](CCCN=C(N)N)C(=O)O)NC(=O)[C@H](CCCN=C(N)N)NC2=O)cc1. The number of benzene rings is 1. The van der Waals surface area contributed by atoms with Crippen LogP contribution in [0.1, 0.15) is 121 Å². The number of carbonyl (C=O) groups excluding carboxylic acids is 10. The summed E-state index contributed by atoms with van der Waals surface area (Å²) in [6, 6.07) is -8.00. The summed E-state index contributed by atoms with van der Waals surface area (Å²) in [5, 5.41) is 45.9. The van der Waals surface area contributed by atoms with Crippen LogP contribution in [0.5, 0.6) is 5.75 Å². The second kappa shape index (κ2) is 45.6. The Morgan fingerprint density at radius 2 is 1.13 bits per heavy atom. The summed E-state index contributed by atoms with van der Waals surface area (Å²) < 4.78 is 4.51. The molecule has 576 valence electrons. The van der Waals surface area contributed by atoms with Gasteiger partial charge in [0.15, 0.2) is 23.8 Å². The van der Waals surface area contributed by atoms with E-state index < -0.39 is 155 Å². The van der Waals surface area contributed by atoms with E-state index in [1.807, 2.05) is 6.92 Å². The van der Waals surface area contributed by atoms with E-state index in [1.165, 1.54) is 12.5 Å². The molecule has 1 aromatic heterocycles. The third-order valence-electron chi connectivity index (χ3n) is 16.2. The van der Waals surface area contributed by atoms with Gasteiger partial charge < -0.3 is 125 Å². The number of nitrogens with one attached hydrogen (secondary N) is 11. The molecule has 2 aromatic rings. The highest BCUT2D eigenvalue weighted by Crippen LogP contribution is 2.48. The number of aromatic amines is 1. The Kier molecular flexibility index (Phi) is 37.7. The van der Waals surface area contributed by atoms with Crippen molar-refractivity contribution in [3.63, 3.8) is 0 Å². The van der Waals surface area contributed by atoms with Crippen LogP contribution in [0.25, 0.3) is 0 Å². The zero-order chi connectivity index (χ0) is 76.7. The number of hydrogen-bond acceptors (Lipinski definition) is 21. The number of carboxylic acids is 2. The molecule has 2 heterocycles. The number of unbranched alkanes of at least 4 members (excludes halogenated alkanes) is 1. The van der Waals surface area contributed by atoms with Crippen LogP contribution >= 0.6 is 21.6 Å². The van der Waals surface area contributed by atoms with Gasteiger partial charge in [-0.2, -0.15) is 0 Å². The van der Waals surface area contributed by atoms with Crippen LogP contribution in [0.15, 0.2) is 56.8 Å². The van der Waals surface area contributed by atoms with Gasteiger partial charge in [0, 0.05) is 56.7 Å². The Bertz CT molecular complexity index is 3310. The summed E-state index contributed by atoms with van der Waals surface area (Å²) in [4.78, 5) is 193.